The van der Waals surface area contributed by atoms with Crippen molar-refractivity contribution in [3.8, 4) is 0 Å². The second kappa shape index (κ2) is 11.6. The summed E-state index contributed by atoms with van der Waals surface area (Å²) in [4.78, 5) is 29.7. The molecule has 1 saturated heterocycles. The summed E-state index contributed by atoms with van der Waals surface area (Å²) in [7, 11) is 0. The molecule has 32 heavy (non-hydrogen) atoms. The third-order valence-corrected chi connectivity index (χ3v) is 5.59. The Morgan fingerprint density at radius 1 is 0.969 bits per heavy atom. The van der Waals surface area contributed by atoms with Crippen LogP contribution in [0.15, 0.2) is 54.6 Å². The van der Waals surface area contributed by atoms with Gasteiger partial charge in [-0.2, -0.15) is 0 Å². The van der Waals surface area contributed by atoms with Gasteiger partial charge in [-0.25, -0.2) is 4.39 Å². The molecule has 1 fully saturated rings. The van der Waals surface area contributed by atoms with E-state index >= 15 is 0 Å². The van der Waals surface area contributed by atoms with Gasteiger partial charge in [0.2, 0.25) is 11.8 Å². The van der Waals surface area contributed by atoms with Gasteiger partial charge < -0.3 is 15.5 Å². The molecule has 1 heterocycles. The third kappa shape index (κ3) is 7.05. The van der Waals surface area contributed by atoms with Crippen LogP contribution in [0.25, 0.3) is 0 Å². The second-order valence-corrected chi connectivity index (χ2v) is 8.61. The maximum absolute atomic E-state index is 13.1. The Bertz CT molecular complexity index is 865. The predicted molar refractivity (Wildman–Crippen MR) is 125 cm³/mol. The first kappa shape index (κ1) is 23.7. The van der Waals surface area contributed by atoms with Crippen LogP contribution in [0.1, 0.15) is 31.9 Å². The summed E-state index contributed by atoms with van der Waals surface area (Å²) >= 11 is 0. The summed E-state index contributed by atoms with van der Waals surface area (Å²) in [6, 6.07) is 15.2. The lowest BCUT2D eigenvalue weighted by Gasteiger charge is -2.36. The van der Waals surface area contributed by atoms with E-state index in [1.54, 1.807) is 0 Å². The lowest BCUT2D eigenvalue weighted by atomic mass is 10.0. The standard InChI is InChI=1S/C25H33FN4O2/c1-19(2)18-23(31)28-24(20-6-4-3-5-7-20)25(32)27-12-13-29-14-16-30(17-15-29)22-10-8-21(26)9-11-22/h3-11,19,24H,12-18H2,1-2H3,(H,27,32)(H,28,31). The highest BCUT2D eigenvalue weighted by atomic mass is 19.1. The Morgan fingerprint density at radius 2 is 1.62 bits per heavy atom. The zero-order chi connectivity index (χ0) is 22.9. The highest BCUT2D eigenvalue weighted by Gasteiger charge is 2.23. The fraction of sp³-hybridized carbons (Fsp3) is 0.440. The van der Waals surface area contributed by atoms with Crippen LogP contribution in [0.2, 0.25) is 0 Å². The molecule has 0 aliphatic carbocycles. The van der Waals surface area contributed by atoms with Crippen molar-refractivity contribution in [1.82, 2.24) is 15.5 Å². The number of rotatable bonds is 9. The zero-order valence-electron chi connectivity index (χ0n) is 18.9. The Balaban J connectivity index is 1.47. The molecular weight excluding hydrogens is 407 g/mol. The number of amides is 2. The molecule has 2 aromatic rings. The summed E-state index contributed by atoms with van der Waals surface area (Å²) in [5.41, 5.74) is 1.80. The van der Waals surface area contributed by atoms with Gasteiger partial charge in [0.15, 0.2) is 0 Å². The smallest absolute Gasteiger partial charge is 0.247 e. The van der Waals surface area contributed by atoms with Crippen LogP contribution in [0.4, 0.5) is 10.1 Å². The van der Waals surface area contributed by atoms with Crippen LogP contribution in [0, 0.1) is 11.7 Å². The first-order valence-corrected chi connectivity index (χ1v) is 11.3. The molecule has 7 heteroatoms. The van der Waals surface area contributed by atoms with Crippen molar-refractivity contribution in [2.75, 3.05) is 44.2 Å². The van der Waals surface area contributed by atoms with Crippen molar-refractivity contribution < 1.29 is 14.0 Å². The van der Waals surface area contributed by atoms with Gasteiger partial charge in [-0.3, -0.25) is 14.5 Å². The molecule has 3 rings (SSSR count). The molecule has 1 aliphatic rings. The molecular formula is C25H33FN4O2. The van der Waals surface area contributed by atoms with Gasteiger partial charge in [0.1, 0.15) is 11.9 Å². The number of hydrogen-bond acceptors (Lipinski definition) is 4. The van der Waals surface area contributed by atoms with Crippen LogP contribution >= 0.6 is 0 Å². The zero-order valence-corrected chi connectivity index (χ0v) is 18.9. The highest BCUT2D eigenvalue weighted by molar-refractivity contribution is 5.88. The fourth-order valence-electron chi connectivity index (χ4n) is 3.86. The highest BCUT2D eigenvalue weighted by Crippen LogP contribution is 2.17. The third-order valence-electron chi connectivity index (χ3n) is 5.59. The number of nitrogens with zero attached hydrogens (tertiary/aromatic N) is 2. The number of carbonyl (C=O) groups is 2. The molecule has 172 valence electrons. The normalized spacial score (nSPS) is 15.4. The maximum Gasteiger partial charge on any atom is 0.247 e. The van der Waals surface area contributed by atoms with Crippen LogP contribution in [0.3, 0.4) is 0 Å². The van der Waals surface area contributed by atoms with Crippen molar-refractivity contribution in [3.63, 3.8) is 0 Å². The second-order valence-electron chi connectivity index (χ2n) is 8.61. The van der Waals surface area contributed by atoms with E-state index in [1.807, 2.05) is 56.3 Å². The summed E-state index contributed by atoms with van der Waals surface area (Å²) < 4.78 is 13.1. The SMILES string of the molecule is CC(C)CC(=O)NC(C(=O)NCCN1CCN(c2ccc(F)cc2)CC1)c1ccccc1. The monoisotopic (exact) mass is 440 g/mol. The molecule has 1 unspecified atom stereocenters. The number of nitrogens with one attached hydrogen (secondary N) is 2. The van der Waals surface area contributed by atoms with Gasteiger partial charge in [0.05, 0.1) is 0 Å². The Hall–Kier alpha value is -2.93. The predicted octanol–water partition coefficient (Wildman–Crippen LogP) is 2.97. The molecule has 0 spiro atoms. The van der Waals surface area contributed by atoms with Crippen molar-refractivity contribution >= 4 is 17.5 Å². The fourth-order valence-corrected chi connectivity index (χ4v) is 3.86. The molecule has 1 atom stereocenters. The number of hydrogen-bond donors (Lipinski definition) is 2. The summed E-state index contributed by atoms with van der Waals surface area (Å²) in [6.07, 6.45) is 0.384. The Morgan fingerprint density at radius 3 is 2.25 bits per heavy atom. The van der Waals surface area contributed by atoms with E-state index in [2.05, 4.69) is 20.4 Å². The summed E-state index contributed by atoms with van der Waals surface area (Å²) in [5, 5.41) is 5.87. The number of anilines is 1. The minimum absolute atomic E-state index is 0.124. The van der Waals surface area contributed by atoms with Crippen molar-refractivity contribution in [3.05, 3.63) is 66.0 Å². The number of piperazine rings is 1. The molecule has 0 radical (unpaired) electrons. The summed E-state index contributed by atoms with van der Waals surface area (Å²) in [5.74, 6) is -0.320. The van der Waals surface area contributed by atoms with Gasteiger partial charge in [-0.15, -0.1) is 0 Å². The van der Waals surface area contributed by atoms with E-state index in [0.717, 1.165) is 44.0 Å². The van der Waals surface area contributed by atoms with Crippen LogP contribution in [-0.4, -0.2) is 56.0 Å². The molecule has 2 amide bonds. The number of carbonyl (C=O) groups excluding carboxylic acids is 2. The molecule has 1 aliphatic heterocycles. The molecule has 2 aromatic carbocycles. The van der Waals surface area contributed by atoms with E-state index in [0.29, 0.717) is 13.0 Å². The van der Waals surface area contributed by atoms with Gasteiger partial charge in [-0.1, -0.05) is 44.2 Å². The van der Waals surface area contributed by atoms with Gasteiger partial charge in [0.25, 0.3) is 0 Å². The van der Waals surface area contributed by atoms with Gasteiger partial charge >= 0.3 is 0 Å². The minimum atomic E-state index is -0.697. The average molecular weight is 441 g/mol. The lowest BCUT2D eigenvalue weighted by molar-refractivity contribution is -0.129. The molecule has 0 saturated carbocycles. The molecule has 2 N–H and O–H groups in total. The molecule has 0 aromatic heterocycles. The van der Waals surface area contributed by atoms with E-state index < -0.39 is 6.04 Å². The van der Waals surface area contributed by atoms with Gasteiger partial charge in [0, 0.05) is 51.4 Å². The van der Waals surface area contributed by atoms with Crippen molar-refractivity contribution in [1.29, 1.82) is 0 Å². The first-order chi connectivity index (χ1) is 15.4. The molecule has 6 nitrogen and oxygen atoms in total. The minimum Gasteiger partial charge on any atom is -0.369 e. The number of halogens is 1. The Kier molecular flexibility index (Phi) is 8.62. The average Bonchev–Trinajstić information content (AvgIpc) is 2.78. The summed E-state index contributed by atoms with van der Waals surface area (Å²) in [6.45, 7) is 8.68. The first-order valence-electron chi connectivity index (χ1n) is 11.3. The lowest BCUT2D eigenvalue weighted by Crippen LogP contribution is -2.49. The van der Waals surface area contributed by atoms with Crippen molar-refractivity contribution in [2.45, 2.75) is 26.3 Å². The van der Waals surface area contributed by atoms with E-state index in [4.69, 9.17) is 0 Å². The van der Waals surface area contributed by atoms with E-state index in [1.165, 1.54) is 12.1 Å². The Labute approximate surface area is 189 Å². The van der Waals surface area contributed by atoms with Crippen LogP contribution in [0.5, 0.6) is 0 Å². The molecule has 0 bridgehead atoms. The van der Waals surface area contributed by atoms with E-state index in [9.17, 15) is 14.0 Å². The van der Waals surface area contributed by atoms with Gasteiger partial charge in [-0.05, 0) is 35.7 Å². The largest absolute Gasteiger partial charge is 0.369 e. The van der Waals surface area contributed by atoms with E-state index in [-0.39, 0.29) is 23.5 Å². The quantitative estimate of drug-likeness (QED) is 0.629. The van der Waals surface area contributed by atoms with Crippen LogP contribution < -0.4 is 15.5 Å². The van der Waals surface area contributed by atoms with Crippen molar-refractivity contribution in [2.24, 2.45) is 5.92 Å². The van der Waals surface area contributed by atoms with Crippen LogP contribution in [-0.2, 0) is 9.59 Å². The number of benzene rings is 2. The topological polar surface area (TPSA) is 64.7 Å². The maximum atomic E-state index is 13.1.